The number of nitrogens with zero attached hydrogens (tertiary/aromatic N) is 5. The maximum absolute atomic E-state index is 5.27. The summed E-state index contributed by atoms with van der Waals surface area (Å²) in [6.07, 6.45) is 2.01. The van der Waals surface area contributed by atoms with Crippen LogP contribution in [0.5, 0.6) is 0 Å². The molecule has 0 amide bonds. The SMILES string of the molecule is c1ccc(-c2nc(-c3cccc(-c4c(-c5ccccc5)n5ncc(-c6ccccc6)c5c5ccccc45)c3)cc(-n3c4ccccc4c4ccccc43)n2)cc1. The van der Waals surface area contributed by atoms with Gasteiger partial charge in [-0.15, -0.1) is 0 Å². The first-order valence-corrected chi connectivity index (χ1v) is 18.9. The van der Waals surface area contributed by atoms with Gasteiger partial charge < -0.3 is 0 Å². The minimum atomic E-state index is 0.673. The Morgan fingerprint density at radius 2 is 0.929 bits per heavy atom. The van der Waals surface area contributed by atoms with E-state index in [1.165, 1.54) is 10.8 Å². The maximum Gasteiger partial charge on any atom is 0.162 e. The third kappa shape index (κ3) is 5.13. The second-order valence-electron chi connectivity index (χ2n) is 14.1. The maximum atomic E-state index is 5.27. The lowest BCUT2D eigenvalue weighted by atomic mass is 9.91. The van der Waals surface area contributed by atoms with Gasteiger partial charge in [-0.05, 0) is 34.7 Å². The van der Waals surface area contributed by atoms with Crippen LogP contribution in [-0.4, -0.2) is 24.1 Å². The second-order valence-corrected chi connectivity index (χ2v) is 14.1. The fourth-order valence-electron chi connectivity index (χ4n) is 8.32. The van der Waals surface area contributed by atoms with Crippen LogP contribution in [0.2, 0.25) is 0 Å². The molecule has 0 spiro atoms. The van der Waals surface area contributed by atoms with Gasteiger partial charge in [0.1, 0.15) is 5.82 Å². The fourth-order valence-corrected chi connectivity index (χ4v) is 8.32. The van der Waals surface area contributed by atoms with Gasteiger partial charge in [0.15, 0.2) is 5.82 Å². The predicted octanol–water partition coefficient (Wildman–Crippen LogP) is 12.7. The Morgan fingerprint density at radius 3 is 1.61 bits per heavy atom. The van der Waals surface area contributed by atoms with E-state index in [1.54, 1.807) is 0 Å². The molecule has 4 heterocycles. The number of benzene rings is 7. The van der Waals surface area contributed by atoms with E-state index < -0.39 is 0 Å². The summed E-state index contributed by atoms with van der Waals surface area (Å²) in [6.45, 7) is 0. The van der Waals surface area contributed by atoms with Crippen molar-refractivity contribution in [3.63, 3.8) is 0 Å². The average Bonchev–Trinajstić information content (AvgIpc) is 3.87. The van der Waals surface area contributed by atoms with Crippen molar-refractivity contribution in [3.8, 4) is 62.0 Å². The van der Waals surface area contributed by atoms with E-state index in [0.29, 0.717) is 5.82 Å². The normalized spacial score (nSPS) is 11.6. The van der Waals surface area contributed by atoms with E-state index in [-0.39, 0.29) is 0 Å². The first-order chi connectivity index (χ1) is 27.8. The third-order valence-corrected chi connectivity index (χ3v) is 10.8. The molecule has 0 fully saturated rings. The van der Waals surface area contributed by atoms with Gasteiger partial charge in [0.05, 0.1) is 34.1 Å². The number of fused-ring (bicyclic) bond motifs is 6. The molecule has 0 N–H and O–H groups in total. The van der Waals surface area contributed by atoms with Gasteiger partial charge in [0.2, 0.25) is 0 Å². The van der Waals surface area contributed by atoms with E-state index in [9.17, 15) is 0 Å². The molecule has 0 saturated heterocycles. The van der Waals surface area contributed by atoms with Crippen LogP contribution in [0.1, 0.15) is 0 Å². The summed E-state index contributed by atoms with van der Waals surface area (Å²) < 4.78 is 4.41. The number of hydrogen-bond acceptors (Lipinski definition) is 3. The topological polar surface area (TPSA) is 48.0 Å². The summed E-state index contributed by atoms with van der Waals surface area (Å²) >= 11 is 0. The molecule has 4 aromatic heterocycles. The van der Waals surface area contributed by atoms with Gasteiger partial charge >= 0.3 is 0 Å². The highest BCUT2D eigenvalue weighted by molar-refractivity contribution is 6.13. The number of hydrogen-bond donors (Lipinski definition) is 0. The molecule has 0 aliphatic rings. The minimum absolute atomic E-state index is 0.673. The van der Waals surface area contributed by atoms with Crippen LogP contribution in [0.15, 0.2) is 200 Å². The largest absolute Gasteiger partial charge is 0.294 e. The highest BCUT2D eigenvalue weighted by atomic mass is 15.2. The van der Waals surface area contributed by atoms with Crippen LogP contribution in [0.4, 0.5) is 0 Å². The molecule has 0 bridgehead atoms. The Kier molecular flexibility index (Phi) is 7.42. The predicted molar refractivity (Wildman–Crippen MR) is 230 cm³/mol. The molecule has 56 heavy (non-hydrogen) atoms. The Balaban J connectivity index is 1.18. The molecule has 11 aromatic rings. The summed E-state index contributed by atoms with van der Waals surface area (Å²) in [7, 11) is 0. The Hall–Kier alpha value is -7.63. The van der Waals surface area contributed by atoms with Crippen molar-refractivity contribution in [2.24, 2.45) is 0 Å². The quantitative estimate of drug-likeness (QED) is 0.172. The Bertz CT molecular complexity index is 3180. The number of rotatable bonds is 6. The van der Waals surface area contributed by atoms with Crippen molar-refractivity contribution in [3.05, 3.63) is 200 Å². The van der Waals surface area contributed by atoms with Gasteiger partial charge in [-0.2, -0.15) is 5.10 Å². The summed E-state index contributed by atoms with van der Waals surface area (Å²) in [5, 5.41) is 9.80. The van der Waals surface area contributed by atoms with Crippen molar-refractivity contribution in [2.45, 2.75) is 0 Å². The third-order valence-electron chi connectivity index (χ3n) is 10.8. The zero-order valence-electron chi connectivity index (χ0n) is 30.3. The summed E-state index contributed by atoms with van der Waals surface area (Å²) in [5.41, 5.74) is 12.7. The van der Waals surface area contributed by atoms with Crippen LogP contribution in [0.3, 0.4) is 0 Å². The van der Waals surface area contributed by atoms with Crippen molar-refractivity contribution < 1.29 is 0 Å². The summed E-state index contributed by atoms with van der Waals surface area (Å²) in [4.78, 5) is 10.5. The Morgan fingerprint density at radius 1 is 0.393 bits per heavy atom. The van der Waals surface area contributed by atoms with E-state index in [0.717, 1.165) is 83.5 Å². The molecule has 0 saturated carbocycles. The van der Waals surface area contributed by atoms with E-state index in [1.807, 2.05) is 24.4 Å². The molecule has 0 radical (unpaired) electrons. The molecule has 0 aliphatic heterocycles. The zero-order chi connectivity index (χ0) is 37.0. The molecule has 262 valence electrons. The minimum Gasteiger partial charge on any atom is -0.294 e. The smallest absolute Gasteiger partial charge is 0.162 e. The van der Waals surface area contributed by atoms with Crippen molar-refractivity contribution >= 4 is 38.1 Å². The highest BCUT2D eigenvalue weighted by Crippen LogP contribution is 2.43. The monoisotopic (exact) mass is 715 g/mol. The van der Waals surface area contributed by atoms with Crippen molar-refractivity contribution in [1.29, 1.82) is 0 Å². The molecular weight excluding hydrogens is 683 g/mol. The molecule has 5 heteroatoms. The van der Waals surface area contributed by atoms with Gasteiger partial charge in [-0.3, -0.25) is 4.57 Å². The molecule has 11 rings (SSSR count). The molecule has 5 nitrogen and oxygen atoms in total. The lowest BCUT2D eigenvalue weighted by Gasteiger charge is -2.18. The number of pyridine rings is 1. The molecule has 7 aromatic carbocycles. The fraction of sp³-hybridized carbons (Fsp3) is 0. The van der Waals surface area contributed by atoms with Crippen molar-refractivity contribution in [1.82, 2.24) is 24.1 Å². The van der Waals surface area contributed by atoms with Gasteiger partial charge in [0.25, 0.3) is 0 Å². The first-order valence-electron chi connectivity index (χ1n) is 18.9. The van der Waals surface area contributed by atoms with Gasteiger partial charge in [0, 0.05) is 50.0 Å². The zero-order valence-corrected chi connectivity index (χ0v) is 30.3. The van der Waals surface area contributed by atoms with Crippen LogP contribution < -0.4 is 0 Å². The lowest BCUT2D eigenvalue weighted by Crippen LogP contribution is -2.03. The summed E-state index contributed by atoms with van der Waals surface area (Å²) in [6, 6.07) is 68.1. The van der Waals surface area contributed by atoms with E-state index in [2.05, 4.69) is 185 Å². The Labute approximate surface area is 323 Å². The summed E-state index contributed by atoms with van der Waals surface area (Å²) in [5.74, 6) is 1.49. The average molecular weight is 716 g/mol. The first kappa shape index (κ1) is 31.9. The second kappa shape index (κ2) is 13.0. The molecule has 0 aliphatic carbocycles. The lowest BCUT2D eigenvalue weighted by molar-refractivity contribution is 0.976. The van der Waals surface area contributed by atoms with Crippen LogP contribution in [-0.2, 0) is 0 Å². The number of para-hydroxylation sites is 2. The molecular formula is C51H33N5. The van der Waals surface area contributed by atoms with Crippen molar-refractivity contribution in [2.75, 3.05) is 0 Å². The molecule has 0 unspecified atom stereocenters. The van der Waals surface area contributed by atoms with E-state index >= 15 is 0 Å². The van der Waals surface area contributed by atoms with Gasteiger partial charge in [-0.1, -0.05) is 170 Å². The number of aromatic nitrogens is 5. The van der Waals surface area contributed by atoms with E-state index in [4.69, 9.17) is 15.1 Å². The van der Waals surface area contributed by atoms with Crippen LogP contribution in [0, 0.1) is 0 Å². The van der Waals surface area contributed by atoms with Gasteiger partial charge in [-0.25, -0.2) is 14.5 Å². The standard InChI is InChI=1S/C51H33N5/c1-4-17-34(18-5-1)43-33-52-56-49(35-19-6-2-7-20-35)48(41-27-10-11-28-42(41)50(43)56)38-24-16-23-37(31-38)44-32-47(54-51(53-44)36-21-8-3-9-22-36)55-45-29-14-12-25-39(45)40-26-13-15-30-46(40)55/h1-33H. The molecule has 0 atom stereocenters. The highest BCUT2D eigenvalue weighted by Gasteiger charge is 2.22. The van der Waals surface area contributed by atoms with Crippen LogP contribution in [0.25, 0.3) is 100 Å². The van der Waals surface area contributed by atoms with Crippen LogP contribution >= 0.6 is 0 Å².